The summed E-state index contributed by atoms with van der Waals surface area (Å²) in [6, 6.07) is 5.77. The molecule has 2 aromatic rings. The molecule has 130 valence electrons. The first kappa shape index (κ1) is 17.8. The highest BCUT2D eigenvalue weighted by Gasteiger charge is 2.37. The number of carbonyl (C=O) groups is 1. The van der Waals surface area contributed by atoms with Crippen molar-refractivity contribution >= 4 is 50.9 Å². The van der Waals surface area contributed by atoms with Crippen LogP contribution < -0.4 is 4.74 Å². The normalized spacial score (nSPS) is 16.9. The molecule has 0 amide bonds. The van der Waals surface area contributed by atoms with Crippen LogP contribution in [0.15, 0.2) is 18.2 Å². The van der Waals surface area contributed by atoms with Crippen LogP contribution in [0, 0.1) is 0 Å². The number of hydrogen-bond acceptors (Lipinski definition) is 7. The number of methoxy groups -OCH3 is 2. The second-order valence-electron chi connectivity index (χ2n) is 5.55. The molecule has 0 unspecified atom stereocenters. The van der Waals surface area contributed by atoms with Crippen LogP contribution in [0.25, 0.3) is 10.1 Å². The minimum atomic E-state index is -0.165. The van der Waals surface area contributed by atoms with E-state index in [1.807, 2.05) is 29.6 Å². The Morgan fingerprint density at radius 1 is 1.25 bits per heavy atom. The lowest BCUT2D eigenvalue weighted by atomic mass is 10.1. The van der Waals surface area contributed by atoms with E-state index in [2.05, 4.69) is 6.07 Å². The van der Waals surface area contributed by atoms with Gasteiger partial charge in [-0.25, -0.2) is 0 Å². The summed E-state index contributed by atoms with van der Waals surface area (Å²) >= 11 is 5.55. The van der Waals surface area contributed by atoms with Crippen LogP contribution in [0.3, 0.4) is 0 Å². The summed E-state index contributed by atoms with van der Waals surface area (Å²) in [4.78, 5) is 12.9. The highest BCUT2D eigenvalue weighted by atomic mass is 32.2. The van der Waals surface area contributed by atoms with Crippen LogP contribution in [0.5, 0.6) is 11.5 Å². The van der Waals surface area contributed by atoms with Gasteiger partial charge in [0, 0.05) is 22.1 Å². The van der Waals surface area contributed by atoms with E-state index < -0.39 is 0 Å². The number of hydrogen-bond donors (Lipinski definition) is 1. The number of phenols is 1. The van der Waals surface area contributed by atoms with Gasteiger partial charge in [0.05, 0.1) is 18.3 Å². The monoisotopic (exact) mass is 384 g/mol. The Bertz CT molecular complexity index is 735. The lowest BCUT2D eigenvalue weighted by Crippen LogP contribution is -2.23. The number of thiophene rings is 1. The van der Waals surface area contributed by atoms with Crippen molar-refractivity contribution in [2.24, 2.45) is 0 Å². The molecule has 0 aliphatic carbocycles. The summed E-state index contributed by atoms with van der Waals surface area (Å²) in [5, 5.41) is 11.0. The molecule has 0 bridgehead atoms. The molecule has 24 heavy (non-hydrogen) atoms. The van der Waals surface area contributed by atoms with Gasteiger partial charge < -0.3 is 14.6 Å². The maximum absolute atomic E-state index is 11.6. The molecule has 1 aromatic carbocycles. The molecule has 4 nitrogen and oxygen atoms in total. The number of ether oxygens (including phenoxy) is 2. The fourth-order valence-electron chi connectivity index (χ4n) is 2.76. The summed E-state index contributed by atoms with van der Waals surface area (Å²) < 4.78 is 11.0. The fraction of sp³-hybridized carbons (Fsp3) is 0.471. The molecule has 0 saturated carbocycles. The van der Waals surface area contributed by atoms with Crippen molar-refractivity contribution in [2.45, 2.75) is 23.3 Å². The Morgan fingerprint density at radius 3 is 2.67 bits per heavy atom. The standard InChI is InChI=1S/C17H20O4S3/c1-20-13-10-14-11(8-12(13)18)9-15(24-14)17(5-4-16(19)21-2)22-6-3-7-23-17/h8-10,18H,3-7H2,1-2H3. The number of esters is 1. The van der Waals surface area contributed by atoms with Crippen molar-refractivity contribution < 1.29 is 19.4 Å². The van der Waals surface area contributed by atoms with Gasteiger partial charge in [0.15, 0.2) is 11.5 Å². The molecule has 1 saturated heterocycles. The molecule has 0 atom stereocenters. The predicted octanol–water partition coefficient (Wildman–Crippen LogP) is 4.59. The number of carbonyl (C=O) groups excluding carboxylic acids is 1. The van der Waals surface area contributed by atoms with Gasteiger partial charge in [0.1, 0.15) is 0 Å². The van der Waals surface area contributed by atoms with Crippen LogP contribution in [0.1, 0.15) is 24.1 Å². The second-order valence-corrected chi connectivity index (χ2v) is 9.68. The summed E-state index contributed by atoms with van der Waals surface area (Å²) in [6.07, 6.45) is 2.36. The smallest absolute Gasteiger partial charge is 0.305 e. The number of rotatable bonds is 5. The molecule has 7 heteroatoms. The third kappa shape index (κ3) is 3.48. The Kier molecular flexibility index (Phi) is 5.52. The molecular weight excluding hydrogens is 364 g/mol. The van der Waals surface area contributed by atoms with Crippen molar-refractivity contribution in [3.05, 3.63) is 23.1 Å². The molecule has 1 aliphatic heterocycles. The summed E-state index contributed by atoms with van der Waals surface area (Å²) in [7, 11) is 2.99. The van der Waals surface area contributed by atoms with Crippen molar-refractivity contribution in [1.29, 1.82) is 0 Å². The van der Waals surface area contributed by atoms with E-state index in [1.54, 1.807) is 24.5 Å². The first-order valence-electron chi connectivity index (χ1n) is 7.74. The van der Waals surface area contributed by atoms with E-state index in [-0.39, 0.29) is 15.8 Å². The van der Waals surface area contributed by atoms with Crippen LogP contribution in [-0.2, 0) is 13.6 Å². The van der Waals surface area contributed by atoms with Crippen molar-refractivity contribution in [3.8, 4) is 11.5 Å². The second kappa shape index (κ2) is 7.45. The van der Waals surface area contributed by atoms with Crippen LogP contribution in [0.4, 0.5) is 0 Å². The molecule has 1 fully saturated rings. The molecular formula is C17H20O4S3. The van der Waals surface area contributed by atoms with E-state index >= 15 is 0 Å². The molecule has 1 aliphatic rings. The van der Waals surface area contributed by atoms with Crippen LogP contribution >= 0.6 is 34.9 Å². The van der Waals surface area contributed by atoms with Gasteiger partial charge in [0.2, 0.25) is 0 Å². The van der Waals surface area contributed by atoms with Crippen molar-refractivity contribution in [1.82, 2.24) is 0 Å². The van der Waals surface area contributed by atoms with Crippen LogP contribution in [-0.4, -0.2) is 36.8 Å². The maximum atomic E-state index is 11.6. The van der Waals surface area contributed by atoms with Gasteiger partial charge in [-0.3, -0.25) is 4.79 Å². The largest absolute Gasteiger partial charge is 0.504 e. The van der Waals surface area contributed by atoms with E-state index in [1.165, 1.54) is 18.4 Å². The van der Waals surface area contributed by atoms with Gasteiger partial charge in [-0.05, 0) is 41.9 Å². The lowest BCUT2D eigenvalue weighted by molar-refractivity contribution is -0.140. The number of benzene rings is 1. The van der Waals surface area contributed by atoms with Gasteiger partial charge >= 0.3 is 5.97 Å². The molecule has 3 rings (SSSR count). The minimum absolute atomic E-state index is 0.112. The van der Waals surface area contributed by atoms with E-state index in [0.29, 0.717) is 12.2 Å². The zero-order valence-electron chi connectivity index (χ0n) is 13.7. The lowest BCUT2D eigenvalue weighted by Gasteiger charge is -2.35. The van der Waals surface area contributed by atoms with E-state index in [9.17, 15) is 9.90 Å². The quantitative estimate of drug-likeness (QED) is 0.761. The number of fused-ring (bicyclic) bond motifs is 1. The highest BCUT2D eigenvalue weighted by Crippen LogP contribution is 2.56. The van der Waals surface area contributed by atoms with Gasteiger partial charge in [-0.15, -0.1) is 34.9 Å². The molecule has 1 N–H and O–H groups in total. The first-order valence-corrected chi connectivity index (χ1v) is 10.5. The average molecular weight is 385 g/mol. The number of aromatic hydroxyl groups is 1. The zero-order chi connectivity index (χ0) is 17.2. The zero-order valence-corrected chi connectivity index (χ0v) is 16.1. The number of thioether (sulfide) groups is 2. The molecule has 0 radical (unpaired) electrons. The Morgan fingerprint density at radius 2 is 2.00 bits per heavy atom. The Labute approximate surface area is 153 Å². The molecule has 0 spiro atoms. The number of phenolic OH excluding ortho intramolecular Hbond substituents is 1. The maximum Gasteiger partial charge on any atom is 0.305 e. The summed E-state index contributed by atoms with van der Waals surface area (Å²) in [5.74, 6) is 2.67. The van der Waals surface area contributed by atoms with E-state index in [0.717, 1.165) is 28.0 Å². The third-order valence-electron chi connectivity index (χ3n) is 4.04. The third-order valence-corrected chi connectivity index (χ3v) is 9.03. The summed E-state index contributed by atoms with van der Waals surface area (Å²) in [6.45, 7) is 0. The van der Waals surface area contributed by atoms with Gasteiger partial charge in [-0.1, -0.05) is 0 Å². The summed E-state index contributed by atoms with van der Waals surface area (Å²) in [5.41, 5.74) is 0. The molecule has 2 heterocycles. The van der Waals surface area contributed by atoms with Gasteiger partial charge in [0.25, 0.3) is 0 Å². The minimum Gasteiger partial charge on any atom is -0.504 e. The highest BCUT2D eigenvalue weighted by molar-refractivity contribution is 8.18. The Balaban J connectivity index is 1.97. The topological polar surface area (TPSA) is 55.8 Å². The van der Waals surface area contributed by atoms with E-state index in [4.69, 9.17) is 9.47 Å². The fourth-order valence-corrected chi connectivity index (χ4v) is 7.59. The first-order chi connectivity index (χ1) is 11.6. The van der Waals surface area contributed by atoms with Crippen molar-refractivity contribution in [2.75, 3.05) is 25.7 Å². The predicted molar refractivity (Wildman–Crippen MR) is 103 cm³/mol. The SMILES string of the molecule is COC(=O)CCC1(c2cc3cc(O)c(OC)cc3s2)SCCCS1. The van der Waals surface area contributed by atoms with Crippen LogP contribution in [0.2, 0.25) is 0 Å². The molecule has 1 aromatic heterocycles. The van der Waals surface area contributed by atoms with Gasteiger partial charge in [-0.2, -0.15) is 0 Å². The Hall–Kier alpha value is -1.05. The average Bonchev–Trinajstić information content (AvgIpc) is 3.03. The van der Waals surface area contributed by atoms with Crippen molar-refractivity contribution in [3.63, 3.8) is 0 Å².